The summed E-state index contributed by atoms with van der Waals surface area (Å²) in [6.07, 6.45) is 1.66. The van der Waals surface area contributed by atoms with Crippen LogP contribution in [0.5, 0.6) is 23.0 Å². The van der Waals surface area contributed by atoms with E-state index in [1.807, 2.05) is 36.4 Å². The van der Waals surface area contributed by atoms with Crippen molar-refractivity contribution in [3.8, 4) is 23.0 Å². The molecular weight excluding hydrogens is 448 g/mol. The minimum atomic E-state index is -0.186. The van der Waals surface area contributed by atoms with Crippen LogP contribution in [0, 0.1) is 0 Å². The summed E-state index contributed by atoms with van der Waals surface area (Å²) in [6.45, 7) is 0.420. The summed E-state index contributed by atoms with van der Waals surface area (Å²) in [6, 6.07) is 18.6. The number of ketones is 1. The van der Waals surface area contributed by atoms with E-state index in [-0.39, 0.29) is 11.5 Å². The maximum absolute atomic E-state index is 12.8. The van der Waals surface area contributed by atoms with E-state index >= 15 is 0 Å². The summed E-state index contributed by atoms with van der Waals surface area (Å²) >= 11 is 3.42. The fourth-order valence-electron chi connectivity index (χ4n) is 3.17. The minimum absolute atomic E-state index is 0.186. The van der Waals surface area contributed by atoms with Crippen LogP contribution in [-0.4, -0.2) is 20.0 Å². The molecule has 0 spiro atoms. The van der Waals surface area contributed by atoms with Gasteiger partial charge >= 0.3 is 0 Å². The van der Waals surface area contributed by atoms with E-state index in [4.69, 9.17) is 18.9 Å². The first-order valence-corrected chi connectivity index (χ1v) is 10.0. The predicted octanol–water partition coefficient (Wildman–Crippen LogP) is 5.66. The molecule has 0 amide bonds. The van der Waals surface area contributed by atoms with Gasteiger partial charge in [-0.1, -0.05) is 40.2 Å². The number of ether oxygens (including phenoxy) is 4. The van der Waals surface area contributed by atoms with Crippen molar-refractivity contribution >= 4 is 27.8 Å². The van der Waals surface area contributed by atoms with E-state index in [1.165, 1.54) is 0 Å². The minimum Gasteiger partial charge on any atom is -0.493 e. The number of hydrogen-bond donors (Lipinski definition) is 0. The Balaban J connectivity index is 1.54. The summed E-state index contributed by atoms with van der Waals surface area (Å²) in [5.41, 5.74) is 2.24. The van der Waals surface area contributed by atoms with Crippen LogP contribution in [0.25, 0.3) is 6.08 Å². The second kappa shape index (κ2) is 8.63. The molecule has 3 aromatic rings. The lowest BCUT2D eigenvalue weighted by atomic mass is 10.1. The number of halogens is 1. The van der Waals surface area contributed by atoms with Crippen molar-refractivity contribution in [2.75, 3.05) is 14.2 Å². The smallest absolute Gasteiger partial charge is 0.231 e. The Bertz CT molecular complexity index is 1120. The molecule has 0 unspecified atom stereocenters. The molecule has 0 fully saturated rings. The van der Waals surface area contributed by atoms with Gasteiger partial charge in [-0.2, -0.15) is 0 Å². The van der Waals surface area contributed by atoms with Gasteiger partial charge in [-0.25, -0.2) is 0 Å². The lowest BCUT2D eigenvalue weighted by Crippen LogP contribution is -1.99. The highest BCUT2D eigenvalue weighted by Crippen LogP contribution is 2.37. The Kier molecular flexibility index (Phi) is 5.77. The molecular formula is C24H19BrO5. The Hall–Kier alpha value is -3.25. The van der Waals surface area contributed by atoms with Crippen molar-refractivity contribution in [3.05, 3.63) is 87.6 Å². The maximum atomic E-state index is 12.8. The van der Waals surface area contributed by atoms with Gasteiger partial charge < -0.3 is 18.9 Å². The Morgan fingerprint density at radius 2 is 1.80 bits per heavy atom. The van der Waals surface area contributed by atoms with Crippen LogP contribution < -0.4 is 18.9 Å². The van der Waals surface area contributed by atoms with Crippen molar-refractivity contribution in [1.82, 2.24) is 0 Å². The average molecular weight is 467 g/mol. The molecule has 6 heteroatoms. The van der Waals surface area contributed by atoms with Crippen LogP contribution in [0.4, 0.5) is 0 Å². The van der Waals surface area contributed by atoms with Crippen molar-refractivity contribution in [2.24, 2.45) is 0 Å². The monoisotopic (exact) mass is 466 g/mol. The normalized spacial score (nSPS) is 13.7. The fraction of sp³-hybridized carbons (Fsp3) is 0.125. The third-order valence-corrected chi connectivity index (χ3v) is 5.21. The maximum Gasteiger partial charge on any atom is 0.231 e. The van der Waals surface area contributed by atoms with Crippen LogP contribution in [0.3, 0.4) is 0 Å². The van der Waals surface area contributed by atoms with Gasteiger partial charge in [0, 0.05) is 16.1 Å². The molecule has 0 aliphatic carbocycles. The van der Waals surface area contributed by atoms with Crippen LogP contribution in [0.1, 0.15) is 21.5 Å². The molecule has 0 saturated carbocycles. The molecule has 152 valence electrons. The Morgan fingerprint density at radius 3 is 2.53 bits per heavy atom. The van der Waals surface area contributed by atoms with E-state index in [9.17, 15) is 4.79 Å². The molecule has 0 saturated heterocycles. The van der Waals surface area contributed by atoms with Gasteiger partial charge in [-0.15, -0.1) is 0 Å². The lowest BCUT2D eigenvalue weighted by molar-refractivity contribution is 0.101. The number of allylic oxidation sites excluding steroid dienone is 1. The summed E-state index contributed by atoms with van der Waals surface area (Å²) < 4.78 is 23.4. The molecule has 0 aromatic heterocycles. The van der Waals surface area contributed by atoms with Gasteiger partial charge in [0.1, 0.15) is 18.1 Å². The molecule has 1 aliphatic heterocycles. The van der Waals surface area contributed by atoms with Gasteiger partial charge in [-0.3, -0.25) is 4.79 Å². The summed E-state index contributed by atoms with van der Waals surface area (Å²) in [7, 11) is 3.12. The van der Waals surface area contributed by atoms with Gasteiger partial charge in [-0.05, 0) is 42.0 Å². The summed E-state index contributed by atoms with van der Waals surface area (Å²) in [5, 5.41) is 0. The third-order valence-electron chi connectivity index (χ3n) is 4.68. The number of Topliss-reactive ketones (excluding diaryl/α,β-unsaturated/α-hetero) is 1. The Morgan fingerprint density at radius 1 is 1.00 bits per heavy atom. The molecule has 1 aliphatic rings. The van der Waals surface area contributed by atoms with E-state index < -0.39 is 0 Å². The number of carbonyl (C=O) groups excluding carboxylic acids is 1. The van der Waals surface area contributed by atoms with Crippen LogP contribution in [-0.2, 0) is 6.61 Å². The average Bonchev–Trinajstić information content (AvgIpc) is 3.07. The molecule has 1 heterocycles. The SMILES string of the molecule is COc1cccc(/C=C2\Oc3cc(OCc4ccc(Br)cc4)ccc3C2=O)c1OC. The highest BCUT2D eigenvalue weighted by Gasteiger charge is 2.28. The van der Waals surface area contributed by atoms with E-state index in [0.717, 1.165) is 10.0 Å². The van der Waals surface area contributed by atoms with Crippen molar-refractivity contribution < 1.29 is 23.7 Å². The fourth-order valence-corrected chi connectivity index (χ4v) is 3.44. The first-order chi connectivity index (χ1) is 14.6. The van der Waals surface area contributed by atoms with Gasteiger partial charge in [0.25, 0.3) is 0 Å². The number of carbonyl (C=O) groups is 1. The van der Waals surface area contributed by atoms with E-state index in [1.54, 1.807) is 44.6 Å². The highest BCUT2D eigenvalue weighted by atomic mass is 79.9. The number of methoxy groups -OCH3 is 2. The van der Waals surface area contributed by atoms with Gasteiger partial charge in [0.2, 0.25) is 5.78 Å². The van der Waals surface area contributed by atoms with E-state index in [0.29, 0.717) is 40.7 Å². The predicted molar refractivity (Wildman–Crippen MR) is 117 cm³/mol. The Labute approximate surface area is 183 Å². The first-order valence-electron chi connectivity index (χ1n) is 9.25. The zero-order valence-corrected chi connectivity index (χ0v) is 18.1. The van der Waals surface area contributed by atoms with Crippen molar-refractivity contribution in [3.63, 3.8) is 0 Å². The zero-order chi connectivity index (χ0) is 21.1. The largest absolute Gasteiger partial charge is 0.493 e. The molecule has 5 nitrogen and oxygen atoms in total. The van der Waals surface area contributed by atoms with Gasteiger partial charge in [0.15, 0.2) is 17.3 Å². The molecule has 4 rings (SSSR count). The third kappa shape index (κ3) is 4.04. The van der Waals surface area contributed by atoms with Crippen LogP contribution in [0.15, 0.2) is 70.9 Å². The van der Waals surface area contributed by atoms with Crippen molar-refractivity contribution in [2.45, 2.75) is 6.61 Å². The lowest BCUT2D eigenvalue weighted by Gasteiger charge is -2.10. The summed E-state index contributed by atoms with van der Waals surface area (Å²) in [5.74, 6) is 2.26. The number of hydrogen-bond acceptors (Lipinski definition) is 5. The second-order valence-corrected chi connectivity index (χ2v) is 7.51. The first kappa shape index (κ1) is 20.0. The molecule has 0 bridgehead atoms. The molecule has 0 radical (unpaired) electrons. The van der Waals surface area contributed by atoms with Crippen molar-refractivity contribution in [1.29, 1.82) is 0 Å². The number of benzene rings is 3. The second-order valence-electron chi connectivity index (χ2n) is 6.60. The van der Waals surface area contributed by atoms with Gasteiger partial charge in [0.05, 0.1) is 19.8 Å². The number of rotatable bonds is 6. The highest BCUT2D eigenvalue weighted by molar-refractivity contribution is 9.10. The summed E-state index contributed by atoms with van der Waals surface area (Å²) in [4.78, 5) is 12.8. The molecule has 0 N–H and O–H groups in total. The molecule has 3 aromatic carbocycles. The molecule has 30 heavy (non-hydrogen) atoms. The quantitative estimate of drug-likeness (QED) is 0.438. The standard InChI is InChI=1S/C24H19BrO5/c1-27-20-5-3-4-16(24(20)28-2)12-22-23(26)19-11-10-18(13-21(19)30-22)29-14-15-6-8-17(25)9-7-15/h3-13H,14H2,1-2H3/b22-12-. The number of para-hydroxylation sites is 1. The van der Waals surface area contributed by atoms with E-state index in [2.05, 4.69) is 15.9 Å². The van der Waals surface area contributed by atoms with Crippen LogP contribution in [0.2, 0.25) is 0 Å². The molecule has 0 atom stereocenters. The number of fused-ring (bicyclic) bond motifs is 1. The topological polar surface area (TPSA) is 54.0 Å². The van der Waals surface area contributed by atoms with Crippen LogP contribution >= 0.6 is 15.9 Å². The zero-order valence-electron chi connectivity index (χ0n) is 16.5.